The lowest BCUT2D eigenvalue weighted by atomic mass is 10.1. The van der Waals surface area contributed by atoms with Crippen LogP contribution in [0.4, 0.5) is 0 Å². The normalized spacial score (nSPS) is 12.4. The Balaban J connectivity index is 0.000000226. The van der Waals surface area contributed by atoms with Gasteiger partial charge in [-0.2, -0.15) is 4.31 Å². The highest BCUT2D eigenvalue weighted by Gasteiger charge is 2.29. The number of rotatable bonds is 5. The van der Waals surface area contributed by atoms with Gasteiger partial charge in [0.2, 0.25) is 10.0 Å². The second-order valence-electron chi connectivity index (χ2n) is 8.85. The molecule has 1 atom stereocenters. The average Bonchev–Trinajstić information content (AvgIpc) is 2.94. The van der Waals surface area contributed by atoms with Gasteiger partial charge in [0.1, 0.15) is 10.3 Å². The van der Waals surface area contributed by atoms with E-state index < -0.39 is 10.0 Å². The second kappa shape index (κ2) is 12.4. The van der Waals surface area contributed by atoms with Crippen LogP contribution < -0.4 is 0 Å². The average molecular weight is 621 g/mol. The predicted octanol–water partition coefficient (Wildman–Crippen LogP) is 9.16. The molecule has 5 nitrogen and oxygen atoms in total. The van der Waals surface area contributed by atoms with Crippen molar-refractivity contribution in [3.05, 3.63) is 111 Å². The summed E-state index contributed by atoms with van der Waals surface area (Å²) in [4.78, 5) is 8.15. The van der Waals surface area contributed by atoms with Gasteiger partial charge in [-0.25, -0.2) is 18.4 Å². The molecule has 0 aliphatic carbocycles. The van der Waals surface area contributed by atoms with Crippen molar-refractivity contribution in [1.29, 1.82) is 0 Å². The van der Waals surface area contributed by atoms with Crippen molar-refractivity contribution >= 4 is 78.0 Å². The molecule has 2 heterocycles. The third-order valence-electron chi connectivity index (χ3n) is 6.34. The van der Waals surface area contributed by atoms with Crippen LogP contribution in [-0.4, -0.2) is 29.2 Å². The van der Waals surface area contributed by atoms with Crippen LogP contribution in [0.3, 0.4) is 0 Å². The van der Waals surface area contributed by atoms with Crippen LogP contribution >= 0.6 is 46.4 Å². The SMILES string of the molecule is CCN([C@@H](C)c1ccccc1)S(=O)(=O)c1ccc2c(Cl)cnc(Cl)c2c1.Cc1ccc2c(Cl)cnc(Cl)c2c1. The molecule has 0 saturated carbocycles. The first-order valence-electron chi connectivity index (χ1n) is 12.1. The summed E-state index contributed by atoms with van der Waals surface area (Å²) in [6, 6.07) is 19.9. The first-order chi connectivity index (χ1) is 18.5. The Morgan fingerprint density at radius 3 is 1.87 bits per heavy atom. The van der Waals surface area contributed by atoms with E-state index in [0.717, 1.165) is 21.9 Å². The summed E-state index contributed by atoms with van der Waals surface area (Å²) in [7, 11) is -3.72. The summed E-state index contributed by atoms with van der Waals surface area (Å²) in [5.74, 6) is 0. The van der Waals surface area contributed by atoms with Crippen molar-refractivity contribution in [3.8, 4) is 0 Å². The number of benzene rings is 3. The van der Waals surface area contributed by atoms with Crippen molar-refractivity contribution in [1.82, 2.24) is 14.3 Å². The summed E-state index contributed by atoms with van der Waals surface area (Å²) < 4.78 is 28.0. The first kappa shape index (κ1) is 29.5. The maximum atomic E-state index is 13.2. The molecule has 0 aliphatic heterocycles. The van der Waals surface area contributed by atoms with Gasteiger partial charge < -0.3 is 0 Å². The van der Waals surface area contributed by atoms with Crippen LogP contribution in [0.25, 0.3) is 21.5 Å². The monoisotopic (exact) mass is 619 g/mol. The van der Waals surface area contributed by atoms with Crippen LogP contribution in [0.1, 0.15) is 31.0 Å². The van der Waals surface area contributed by atoms with Crippen molar-refractivity contribution < 1.29 is 8.42 Å². The molecule has 0 unspecified atom stereocenters. The van der Waals surface area contributed by atoms with Gasteiger partial charge in [0, 0.05) is 46.5 Å². The predicted molar refractivity (Wildman–Crippen MR) is 163 cm³/mol. The summed E-state index contributed by atoms with van der Waals surface area (Å²) >= 11 is 24.2. The topological polar surface area (TPSA) is 63.2 Å². The Morgan fingerprint density at radius 1 is 0.769 bits per heavy atom. The highest BCUT2D eigenvalue weighted by molar-refractivity contribution is 7.89. The van der Waals surface area contributed by atoms with Crippen LogP contribution in [-0.2, 0) is 10.0 Å². The van der Waals surface area contributed by atoms with Crippen LogP contribution in [0, 0.1) is 6.92 Å². The maximum absolute atomic E-state index is 13.2. The van der Waals surface area contributed by atoms with E-state index in [4.69, 9.17) is 46.4 Å². The fraction of sp³-hybridized carbons (Fsp3) is 0.172. The third-order valence-corrected chi connectivity index (χ3v) is 9.59. The van der Waals surface area contributed by atoms with E-state index in [2.05, 4.69) is 9.97 Å². The minimum absolute atomic E-state index is 0.167. The molecule has 0 radical (unpaired) electrons. The molecule has 0 fully saturated rings. The molecule has 0 bridgehead atoms. The highest BCUT2D eigenvalue weighted by atomic mass is 35.5. The van der Waals surface area contributed by atoms with Crippen molar-refractivity contribution in [2.75, 3.05) is 6.54 Å². The molecule has 5 aromatic rings. The number of sulfonamides is 1. The molecule has 5 rings (SSSR count). The molecule has 0 aliphatic rings. The van der Waals surface area contributed by atoms with E-state index in [1.54, 1.807) is 18.3 Å². The van der Waals surface area contributed by atoms with Gasteiger partial charge in [0.15, 0.2) is 0 Å². The standard InChI is InChI=1S/C19H18Cl2N2O2S.C10H7Cl2N/c1-3-23(13(2)14-7-5-4-6-8-14)26(24,25)15-9-10-16-17(11-15)19(21)22-12-18(16)20;1-6-2-3-7-8(4-6)10(12)13-5-9(7)11/h4-13H,3H2,1-2H3;2-5H,1H3/t13-;/m0./s1. The van der Waals surface area contributed by atoms with E-state index in [0.29, 0.717) is 32.5 Å². The van der Waals surface area contributed by atoms with Crippen LogP contribution in [0.2, 0.25) is 20.4 Å². The van der Waals surface area contributed by atoms with Gasteiger partial charge >= 0.3 is 0 Å². The molecule has 2 aromatic heterocycles. The maximum Gasteiger partial charge on any atom is 0.243 e. The largest absolute Gasteiger partial charge is 0.243 e. The zero-order valence-corrected chi connectivity index (χ0v) is 25.2. The lowest BCUT2D eigenvalue weighted by Crippen LogP contribution is -2.33. The number of pyridine rings is 2. The molecule has 0 saturated heterocycles. The van der Waals surface area contributed by atoms with Gasteiger partial charge in [0.05, 0.1) is 14.9 Å². The Hall–Kier alpha value is -2.45. The number of nitrogens with zero attached hydrogens (tertiary/aromatic N) is 3. The quantitative estimate of drug-likeness (QED) is 0.184. The lowest BCUT2D eigenvalue weighted by molar-refractivity contribution is 0.357. The van der Waals surface area contributed by atoms with E-state index >= 15 is 0 Å². The molecule has 202 valence electrons. The minimum atomic E-state index is -3.72. The third kappa shape index (κ3) is 6.32. The first-order valence-corrected chi connectivity index (χ1v) is 15.0. The van der Waals surface area contributed by atoms with Gasteiger partial charge in [-0.1, -0.05) is 107 Å². The molecule has 0 N–H and O–H groups in total. The van der Waals surface area contributed by atoms with Crippen molar-refractivity contribution in [3.63, 3.8) is 0 Å². The van der Waals surface area contributed by atoms with Gasteiger partial charge in [0.25, 0.3) is 0 Å². The molecule has 0 spiro atoms. The van der Waals surface area contributed by atoms with Gasteiger partial charge in [-0.15, -0.1) is 0 Å². The fourth-order valence-electron chi connectivity index (χ4n) is 4.29. The summed E-state index contributed by atoms with van der Waals surface area (Å²) in [6.07, 6.45) is 3.03. The van der Waals surface area contributed by atoms with Crippen LogP contribution in [0.15, 0.2) is 84.0 Å². The zero-order valence-electron chi connectivity index (χ0n) is 21.4. The zero-order chi connectivity index (χ0) is 28.3. The van der Waals surface area contributed by atoms with E-state index in [-0.39, 0.29) is 16.1 Å². The van der Waals surface area contributed by atoms with Gasteiger partial charge in [-0.3, -0.25) is 0 Å². The van der Waals surface area contributed by atoms with Crippen LogP contribution in [0.5, 0.6) is 0 Å². The summed E-state index contributed by atoms with van der Waals surface area (Å²) in [6.45, 7) is 6.06. The summed E-state index contributed by atoms with van der Waals surface area (Å²) in [5.41, 5.74) is 2.08. The molecule has 39 heavy (non-hydrogen) atoms. The Labute approximate surface area is 248 Å². The summed E-state index contributed by atoms with van der Waals surface area (Å²) in [5, 5.41) is 4.84. The molecular formula is C29H25Cl4N3O2S. The Kier molecular flexibility index (Phi) is 9.37. The number of hydrogen-bond acceptors (Lipinski definition) is 4. The minimum Gasteiger partial charge on any atom is -0.242 e. The number of fused-ring (bicyclic) bond motifs is 2. The van der Waals surface area contributed by atoms with Crippen molar-refractivity contribution in [2.24, 2.45) is 0 Å². The number of hydrogen-bond donors (Lipinski definition) is 0. The van der Waals surface area contributed by atoms with E-state index in [1.807, 2.05) is 69.3 Å². The lowest BCUT2D eigenvalue weighted by Gasteiger charge is -2.27. The molecule has 3 aromatic carbocycles. The smallest absolute Gasteiger partial charge is 0.242 e. The molecular weight excluding hydrogens is 596 g/mol. The van der Waals surface area contributed by atoms with E-state index in [9.17, 15) is 8.42 Å². The number of aromatic nitrogens is 2. The molecule has 0 amide bonds. The fourth-order valence-corrected chi connectivity index (χ4v) is 6.78. The number of halogens is 4. The van der Waals surface area contributed by atoms with E-state index in [1.165, 1.54) is 16.6 Å². The Morgan fingerprint density at radius 2 is 1.31 bits per heavy atom. The van der Waals surface area contributed by atoms with Crippen molar-refractivity contribution in [2.45, 2.75) is 31.7 Å². The second-order valence-corrected chi connectivity index (χ2v) is 12.3. The van der Waals surface area contributed by atoms with Gasteiger partial charge in [-0.05, 0) is 37.6 Å². The number of aryl methyl sites for hydroxylation is 1. The molecule has 10 heteroatoms. The highest BCUT2D eigenvalue weighted by Crippen LogP contribution is 2.33. The Bertz CT molecular complexity index is 1750.